The average Bonchev–Trinajstić information content (AvgIpc) is 2.24. The number of benzene rings is 1. The number of rotatable bonds is 2. The highest BCUT2D eigenvalue weighted by Gasteiger charge is 2.25. The van der Waals surface area contributed by atoms with Crippen LogP contribution in [0.4, 0.5) is 22.0 Å². The van der Waals surface area contributed by atoms with Crippen molar-refractivity contribution < 1.29 is 26.9 Å². The molecule has 86 valence electrons. The van der Waals surface area contributed by atoms with Crippen molar-refractivity contribution in [2.45, 2.75) is 0 Å². The Kier molecular flexibility index (Phi) is 3.21. The van der Waals surface area contributed by atoms with E-state index in [0.29, 0.717) is 12.1 Å². The Balaban J connectivity index is 3.42. The molecular formula is C8H2F5NO2. The van der Waals surface area contributed by atoms with Crippen molar-refractivity contribution >= 4 is 5.83 Å². The van der Waals surface area contributed by atoms with E-state index in [4.69, 9.17) is 0 Å². The molecule has 1 aromatic rings. The molecule has 0 N–H and O–H groups in total. The molecule has 0 aliphatic rings. The maximum atomic E-state index is 12.9. The largest absolute Gasteiger partial charge is 0.456 e. The molecule has 8 heteroatoms. The van der Waals surface area contributed by atoms with Crippen LogP contribution in [0.5, 0.6) is 0 Å². The molecule has 3 nitrogen and oxygen atoms in total. The zero-order valence-corrected chi connectivity index (χ0v) is 7.31. The summed E-state index contributed by atoms with van der Waals surface area (Å²) in [6, 6.07) is 0.673. The first kappa shape index (κ1) is 12.1. The normalized spacial score (nSPS) is 12.3. The maximum absolute atomic E-state index is 12.9. The molecule has 0 aromatic heterocycles. The third-order valence-electron chi connectivity index (χ3n) is 1.61. The summed E-state index contributed by atoms with van der Waals surface area (Å²) < 4.78 is 63.2. The Morgan fingerprint density at radius 3 is 2.19 bits per heavy atom. The number of nitrogens with zero attached hydrogens (tertiary/aromatic N) is 1. The number of nitro groups is 1. The fourth-order valence-electron chi connectivity index (χ4n) is 0.887. The van der Waals surface area contributed by atoms with Gasteiger partial charge in [-0.2, -0.15) is 4.39 Å². The summed E-state index contributed by atoms with van der Waals surface area (Å²) >= 11 is 0. The minimum Gasteiger partial charge on any atom is -0.256 e. The predicted molar refractivity (Wildman–Crippen MR) is 42.4 cm³/mol. The van der Waals surface area contributed by atoms with Crippen LogP contribution >= 0.6 is 0 Å². The molecule has 0 saturated heterocycles. The van der Waals surface area contributed by atoms with Crippen LogP contribution in [0, 0.1) is 27.6 Å². The molecule has 0 spiro atoms. The Labute approximate surface area is 85.0 Å². The van der Waals surface area contributed by atoms with Gasteiger partial charge in [-0.25, -0.2) is 13.2 Å². The van der Waals surface area contributed by atoms with E-state index in [9.17, 15) is 32.1 Å². The Hall–Kier alpha value is -1.99. The first-order valence-electron chi connectivity index (χ1n) is 3.69. The zero-order chi connectivity index (χ0) is 12.5. The van der Waals surface area contributed by atoms with Crippen molar-refractivity contribution in [3.05, 3.63) is 51.2 Å². The molecular weight excluding hydrogens is 237 g/mol. The van der Waals surface area contributed by atoms with Crippen LogP contribution in [0.1, 0.15) is 5.56 Å². The monoisotopic (exact) mass is 239 g/mol. The molecule has 0 fully saturated rings. The van der Waals surface area contributed by atoms with Crippen LogP contribution in [-0.4, -0.2) is 4.92 Å². The third kappa shape index (κ3) is 2.00. The van der Waals surface area contributed by atoms with Crippen LogP contribution in [0.25, 0.3) is 5.83 Å². The van der Waals surface area contributed by atoms with Gasteiger partial charge in [-0.15, -0.1) is 4.39 Å². The van der Waals surface area contributed by atoms with Crippen LogP contribution < -0.4 is 0 Å². The summed E-state index contributed by atoms with van der Waals surface area (Å²) in [6.45, 7) is 0. The molecule has 0 bridgehead atoms. The van der Waals surface area contributed by atoms with Gasteiger partial charge in [-0.05, 0) is 12.1 Å². The molecule has 0 unspecified atom stereocenters. The number of hydrogen-bond acceptors (Lipinski definition) is 2. The van der Waals surface area contributed by atoms with Crippen molar-refractivity contribution in [3.63, 3.8) is 0 Å². The van der Waals surface area contributed by atoms with Gasteiger partial charge in [0.05, 0.1) is 10.5 Å². The van der Waals surface area contributed by atoms with E-state index in [2.05, 4.69) is 0 Å². The molecule has 0 atom stereocenters. The molecule has 16 heavy (non-hydrogen) atoms. The smallest absolute Gasteiger partial charge is 0.256 e. The molecule has 1 rings (SSSR count). The average molecular weight is 239 g/mol. The van der Waals surface area contributed by atoms with E-state index in [1.165, 1.54) is 0 Å². The first-order valence-corrected chi connectivity index (χ1v) is 3.69. The van der Waals surface area contributed by atoms with Gasteiger partial charge in [-0.1, -0.05) is 0 Å². The van der Waals surface area contributed by atoms with Crippen LogP contribution in [0.3, 0.4) is 0 Å². The summed E-state index contributed by atoms with van der Waals surface area (Å²) in [5.41, 5.74) is -1.35. The summed E-state index contributed by atoms with van der Waals surface area (Å²) in [7, 11) is 0. The van der Waals surface area contributed by atoms with Crippen molar-refractivity contribution in [1.82, 2.24) is 0 Å². The fraction of sp³-hybridized carbons (Fsp3) is 0. The van der Waals surface area contributed by atoms with Crippen LogP contribution in [0.2, 0.25) is 0 Å². The van der Waals surface area contributed by atoms with E-state index in [1.54, 1.807) is 0 Å². The number of hydrogen-bond donors (Lipinski definition) is 0. The quantitative estimate of drug-likeness (QED) is 0.262. The van der Waals surface area contributed by atoms with Gasteiger partial charge in [0.2, 0.25) is 5.83 Å². The van der Waals surface area contributed by atoms with E-state index < -0.39 is 39.7 Å². The second kappa shape index (κ2) is 4.25. The molecule has 0 saturated carbocycles. The molecule has 1 aromatic carbocycles. The highest BCUT2D eigenvalue weighted by Crippen LogP contribution is 2.26. The molecule has 0 heterocycles. The summed E-state index contributed by atoms with van der Waals surface area (Å²) in [6.07, 6.45) is 0. The van der Waals surface area contributed by atoms with Crippen LogP contribution in [0.15, 0.2) is 18.1 Å². The van der Waals surface area contributed by atoms with Gasteiger partial charge in [0, 0.05) is 0 Å². The Bertz CT molecular complexity index is 486. The van der Waals surface area contributed by atoms with Gasteiger partial charge in [-0.3, -0.25) is 10.1 Å². The van der Waals surface area contributed by atoms with Crippen molar-refractivity contribution in [1.29, 1.82) is 0 Å². The summed E-state index contributed by atoms with van der Waals surface area (Å²) in [4.78, 5) is 8.07. The van der Waals surface area contributed by atoms with Gasteiger partial charge in [0.25, 0.3) is 0 Å². The fourth-order valence-corrected chi connectivity index (χ4v) is 0.887. The SMILES string of the molecule is O=[N+]([O-])C(F)=C(F)c1ccc(F)c(F)c1F. The topological polar surface area (TPSA) is 43.1 Å². The minimum absolute atomic E-state index is 0.320. The predicted octanol–water partition coefficient (Wildman–Crippen LogP) is 2.95. The minimum atomic E-state index is -2.48. The maximum Gasteiger partial charge on any atom is 0.456 e. The van der Waals surface area contributed by atoms with Crippen molar-refractivity contribution in [2.75, 3.05) is 0 Å². The summed E-state index contributed by atoms with van der Waals surface area (Å²) in [5.74, 6) is -10.4. The second-order valence-corrected chi connectivity index (χ2v) is 2.58. The lowest BCUT2D eigenvalue weighted by Gasteiger charge is -2.00. The second-order valence-electron chi connectivity index (χ2n) is 2.58. The highest BCUT2D eigenvalue weighted by molar-refractivity contribution is 5.60. The highest BCUT2D eigenvalue weighted by atomic mass is 19.2. The van der Waals surface area contributed by atoms with E-state index in [-0.39, 0.29) is 0 Å². The molecule has 0 aliphatic heterocycles. The van der Waals surface area contributed by atoms with Crippen molar-refractivity contribution in [2.24, 2.45) is 0 Å². The van der Waals surface area contributed by atoms with E-state index in [1.807, 2.05) is 0 Å². The molecule has 0 aliphatic carbocycles. The lowest BCUT2D eigenvalue weighted by Crippen LogP contribution is -2.00. The standard InChI is InChI=1S/C8H2F5NO2/c9-4-2-1-3(5(10)7(4)12)6(11)8(13)14(15)16/h1-2H. The Morgan fingerprint density at radius 1 is 1.12 bits per heavy atom. The van der Waals surface area contributed by atoms with Crippen LogP contribution in [-0.2, 0) is 0 Å². The van der Waals surface area contributed by atoms with E-state index >= 15 is 0 Å². The molecule has 0 radical (unpaired) electrons. The van der Waals surface area contributed by atoms with E-state index in [0.717, 1.165) is 0 Å². The molecule has 0 amide bonds. The van der Waals surface area contributed by atoms with Gasteiger partial charge >= 0.3 is 5.95 Å². The summed E-state index contributed by atoms with van der Waals surface area (Å²) in [5, 5.41) is 9.82. The van der Waals surface area contributed by atoms with Gasteiger partial charge in [0.15, 0.2) is 17.5 Å². The number of halogens is 5. The van der Waals surface area contributed by atoms with Crippen molar-refractivity contribution in [3.8, 4) is 0 Å². The lowest BCUT2D eigenvalue weighted by molar-refractivity contribution is -0.446. The lowest BCUT2D eigenvalue weighted by atomic mass is 10.2. The Morgan fingerprint density at radius 2 is 1.69 bits per heavy atom. The first-order chi connectivity index (χ1) is 7.36. The van der Waals surface area contributed by atoms with Gasteiger partial charge in [0.1, 0.15) is 0 Å². The zero-order valence-electron chi connectivity index (χ0n) is 7.31. The third-order valence-corrected chi connectivity index (χ3v) is 1.61. The van der Waals surface area contributed by atoms with Gasteiger partial charge < -0.3 is 0 Å².